The van der Waals surface area contributed by atoms with Crippen LogP contribution >= 0.6 is 15.9 Å². The average Bonchev–Trinajstić information content (AvgIpc) is 3.02. The summed E-state index contributed by atoms with van der Waals surface area (Å²) in [5.41, 5.74) is 1.80. The Hall–Kier alpha value is -1.72. The zero-order chi connectivity index (χ0) is 16.5. The largest absolute Gasteiger partial charge is 0.381 e. The zero-order valence-electron chi connectivity index (χ0n) is 13.3. The van der Waals surface area contributed by atoms with Gasteiger partial charge < -0.3 is 9.64 Å². The molecule has 0 spiro atoms. The first kappa shape index (κ1) is 15.8. The number of likely N-dealkylation sites (tertiary alicyclic amines) is 1. The number of rotatable bonds is 2. The number of halogens is 1. The van der Waals surface area contributed by atoms with Crippen LogP contribution in [0.3, 0.4) is 0 Å². The van der Waals surface area contributed by atoms with Crippen LogP contribution in [-0.4, -0.2) is 41.6 Å². The second kappa shape index (κ2) is 6.65. The molecule has 3 atom stereocenters. The minimum atomic E-state index is 0.0258. The zero-order valence-corrected chi connectivity index (χ0v) is 14.9. The summed E-state index contributed by atoms with van der Waals surface area (Å²) < 4.78 is 6.61. The summed E-state index contributed by atoms with van der Waals surface area (Å²) in [5.74, 6) is 0.717. The maximum Gasteiger partial charge on any atom is 0.272 e. The van der Waals surface area contributed by atoms with Gasteiger partial charge in [0.15, 0.2) is 0 Å². The highest BCUT2D eigenvalue weighted by atomic mass is 79.9. The Labute approximate surface area is 150 Å². The molecular formula is C19H19BrN2O2. The van der Waals surface area contributed by atoms with Gasteiger partial charge in [-0.25, -0.2) is 4.98 Å². The number of hydrogen-bond acceptors (Lipinski definition) is 3. The number of aromatic nitrogens is 1. The highest BCUT2D eigenvalue weighted by Crippen LogP contribution is 2.41. The molecule has 0 unspecified atom stereocenters. The maximum atomic E-state index is 13.0. The quantitative estimate of drug-likeness (QED) is 0.793. The predicted octanol–water partition coefficient (Wildman–Crippen LogP) is 3.49. The lowest BCUT2D eigenvalue weighted by Gasteiger charge is -2.32. The third-order valence-electron chi connectivity index (χ3n) is 5.11. The Balaban J connectivity index is 1.63. The average molecular weight is 387 g/mol. The van der Waals surface area contributed by atoms with E-state index in [0.29, 0.717) is 17.5 Å². The molecule has 2 fully saturated rings. The fourth-order valence-corrected chi connectivity index (χ4v) is 4.17. The predicted molar refractivity (Wildman–Crippen MR) is 94.9 cm³/mol. The number of amides is 1. The minimum absolute atomic E-state index is 0.0258. The first-order chi connectivity index (χ1) is 11.7. The second-order valence-corrected chi connectivity index (χ2v) is 7.35. The highest BCUT2D eigenvalue weighted by molar-refractivity contribution is 9.10. The van der Waals surface area contributed by atoms with E-state index < -0.39 is 0 Å². The molecule has 0 N–H and O–H groups in total. The summed E-state index contributed by atoms with van der Waals surface area (Å²) in [7, 11) is 0. The Morgan fingerprint density at radius 3 is 2.79 bits per heavy atom. The lowest BCUT2D eigenvalue weighted by atomic mass is 9.84. The van der Waals surface area contributed by atoms with Gasteiger partial charge in [0.05, 0.1) is 6.61 Å². The Morgan fingerprint density at radius 2 is 2.04 bits per heavy atom. The Morgan fingerprint density at radius 1 is 1.21 bits per heavy atom. The van der Waals surface area contributed by atoms with Crippen LogP contribution in [0.15, 0.2) is 53.1 Å². The van der Waals surface area contributed by atoms with Crippen molar-refractivity contribution in [1.29, 1.82) is 0 Å². The van der Waals surface area contributed by atoms with Crippen molar-refractivity contribution in [2.75, 3.05) is 19.8 Å². The number of carbonyl (C=O) groups is 1. The third-order valence-corrected chi connectivity index (χ3v) is 5.58. The molecule has 0 saturated carbocycles. The molecule has 2 aliphatic rings. The van der Waals surface area contributed by atoms with E-state index in [1.54, 1.807) is 12.3 Å². The van der Waals surface area contributed by atoms with E-state index >= 15 is 0 Å². The van der Waals surface area contributed by atoms with Crippen molar-refractivity contribution >= 4 is 21.8 Å². The first-order valence-corrected chi connectivity index (χ1v) is 9.08. The van der Waals surface area contributed by atoms with Crippen LogP contribution in [0.25, 0.3) is 0 Å². The van der Waals surface area contributed by atoms with Gasteiger partial charge in [0.25, 0.3) is 5.91 Å². The van der Waals surface area contributed by atoms with Crippen LogP contribution in [0.4, 0.5) is 0 Å². The number of pyridine rings is 1. The number of benzene rings is 1. The molecule has 4 nitrogen and oxygen atoms in total. The molecule has 1 amide bonds. The van der Waals surface area contributed by atoms with Gasteiger partial charge in [0, 0.05) is 41.7 Å². The maximum absolute atomic E-state index is 13.0. The molecule has 3 heterocycles. The first-order valence-electron chi connectivity index (χ1n) is 8.29. The molecule has 2 aromatic rings. The highest BCUT2D eigenvalue weighted by Gasteiger charge is 2.46. The van der Waals surface area contributed by atoms with Crippen LogP contribution < -0.4 is 0 Å². The third kappa shape index (κ3) is 2.87. The smallest absolute Gasteiger partial charge is 0.272 e. The van der Waals surface area contributed by atoms with Crippen molar-refractivity contribution in [2.45, 2.75) is 18.4 Å². The molecule has 2 aliphatic heterocycles. The normalized spacial score (nSPS) is 26.2. The van der Waals surface area contributed by atoms with Gasteiger partial charge in [0.2, 0.25) is 0 Å². The molecule has 1 aromatic heterocycles. The van der Waals surface area contributed by atoms with Gasteiger partial charge >= 0.3 is 0 Å². The number of hydrogen-bond donors (Lipinski definition) is 0. The van der Waals surface area contributed by atoms with Crippen molar-refractivity contribution in [2.24, 2.45) is 5.92 Å². The molecule has 1 aromatic carbocycles. The molecule has 0 aliphatic carbocycles. The number of nitrogens with zero attached hydrogens (tertiary/aromatic N) is 2. The summed E-state index contributed by atoms with van der Waals surface area (Å²) >= 11 is 3.37. The lowest BCUT2D eigenvalue weighted by molar-refractivity contribution is 0.0187. The van der Waals surface area contributed by atoms with Crippen molar-refractivity contribution in [1.82, 2.24) is 9.88 Å². The van der Waals surface area contributed by atoms with Crippen molar-refractivity contribution in [3.8, 4) is 0 Å². The summed E-state index contributed by atoms with van der Waals surface area (Å²) in [4.78, 5) is 19.3. The van der Waals surface area contributed by atoms with Crippen LogP contribution in [0, 0.1) is 5.92 Å². The summed E-state index contributed by atoms with van der Waals surface area (Å²) in [6.07, 6.45) is 2.58. The van der Waals surface area contributed by atoms with E-state index in [4.69, 9.17) is 4.74 Å². The van der Waals surface area contributed by atoms with Gasteiger partial charge in [-0.2, -0.15) is 0 Å². The number of ether oxygens (including phenoxy) is 1. The molecule has 0 bridgehead atoms. The van der Waals surface area contributed by atoms with Crippen LogP contribution in [0.1, 0.15) is 28.4 Å². The van der Waals surface area contributed by atoms with Gasteiger partial charge in [0.1, 0.15) is 5.69 Å². The number of carbonyl (C=O) groups excluding carboxylic acids is 1. The fourth-order valence-electron chi connectivity index (χ4n) is 3.94. The lowest BCUT2D eigenvalue weighted by Crippen LogP contribution is -2.42. The van der Waals surface area contributed by atoms with E-state index in [1.807, 2.05) is 17.0 Å². The number of fused-ring (bicyclic) bond motifs is 1. The monoisotopic (exact) mass is 386 g/mol. The van der Waals surface area contributed by atoms with Gasteiger partial charge in [-0.1, -0.05) is 30.3 Å². The van der Waals surface area contributed by atoms with Crippen molar-refractivity contribution in [3.63, 3.8) is 0 Å². The standard InChI is InChI=1S/C19H19BrN2O2/c20-14-6-7-17(21-10-14)19(23)22-11-15(13-4-2-1-3-5-13)16-12-24-9-8-18(16)22/h1-7,10,15-16,18H,8-9,11-12H2/t15-,16+,18+/m1/s1. The molecular weight excluding hydrogens is 368 g/mol. The minimum Gasteiger partial charge on any atom is -0.381 e. The van der Waals surface area contributed by atoms with Crippen molar-refractivity contribution in [3.05, 3.63) is 64.4 Å². The summed E-state index contributed by atoms with van der Waals surface area (Å²) in [6.45, 7) is 2.18. The topological polar surface area (TPSA) is 42.4 Å². The Kier molecular flexibility index (Phi) is 4.37. The van der Waals surface area contributed by atoms with E-state index in [1.165, 1.54) is 5.56 Å². The van der Waals surface area contributed by atoms with E-state index in [-0.39, 0.29) is 11.9 Å². The summed E-state index contributed by atoms with van der Waals surface area (Å²) in [5, 5.41) is 0. The van der Waals surface area contributed by atoms with Gasteiger partial charge in [-0.15, -0.1) is 0 Å². The molecule has 5 heteroatoms. The summed E-state index contributed by atoms with van der Waals surface area (Å²) in [6, 6.07) is 14.4. The molecule has 2 saturated heterocycles. The molecule has 4 rings (SSSR count). The van der Waals surface area contributed by atoms with Crippen molar-refractivity contribution < 1.29 is 9.53 Å². The fraction of sp³-hybridized carbons (Fsp3) is 0.368. The van der Waals surface area contributed by atoms with E-state index in [2.05, 4.69) is 45.2 Å². The molecule has 0 radical (unpaired) electrons. The van der Waals surface area contributed by atoms with Gasteiger partial charge in [-0.3, -0.25) is 4.79 Å². The van der Waals surface area contributed by atoms with Gasteiger partial charge in [-0.05, 0) is 40.0 Å². The molecule has 124 valence electrons. The Bertz CT molecular complexity index is 720. The SMILES string of the molecule is O=C(c1ccc(Br)cn1)N1C[C@H](c2ccccc2)[C@@H]2COCC[C@@H]21. The van der Waals surface area contributed by atoms with Crippen LogP contribution in [0.2, 0.25) is 0 Å². The van der Waals surface area contributed by atoms with Crippen LogP contribution in [-0.2, 0) is 4.74 Å². The van der Waals surface area contributed by atoms with Crippen LogP contribution in [0.5, 0.6) is 0 Å². The van der Waals surface area contributed by atoms with E-state index in [0.717, 1.165) is 30.7 Å². The van der Waals surface area contributed by atoms with E-state index in [9.17, 15) is 4.79 Å². The second-order valence-electron chi connectivity index (χ2n) is 6.43. The molecule has 24 heavy (non-hydrogen) atoms.